The molecule has 4 heteroatoms. The van der Waals surface area contributed by atoms with Crippen molar-refractivity contribution in [2.24, 2.45) is 10.7 Å². The maximum atomic E-state index is 7.70. The van der Waals surface area contributed by atoms with Gasteiger partial charge in [0.15, 0.2) is 5.84 Å². The molecule has 3 N–H and O–H groups in total. The van der Waals surface area contributed by atoms with Crippen LogP contribution in [0.15, 0.2) is 23.2 Å². The van der Waals surface area contributed by atoms with Crippen LogP contribution in [0, 0.1) is 5.41 Å². The van der Waals surface area contributed by atoms with Gasteiger partial charge >= 0.3 is 0 Å². The summed E-state index contributed by atoms with van der Waals surface area (Å²) >= 11 is 0. The van der Waals surface area contributed by atoms with Gasteiger partial charge in [-0.1, -0.05) is 38.3 Å². The SMILES string of the molecule is CCCCCCOc1cccc2c1C(N)=NC2=N. The number of nitrogens with two attached hydrogens (primary N) is 1. The van der Waals surface area contributed by atoms with Crippen molar-refractivity contribution in [3.05, 3.63) is 29.3 Å². The highest BCUT2D eigenvalue weighted by atomic mass is 16.5. The van der Waals surface area contributed by atoms with Crippen LogP contribution in [-0.4, -0.2) is 18.3 Å². The summed E-state index contributed by atoms with van der Waals surface area (Å²) in [5.41, 5.74) is 7.36. The Morgan fingerprint density at radius 1 is 1.28 bits per heavy atom. The Morgan fingerprint density at radius 2 is 2.11 bits per heavy atom. The van der Waals surface area contributed by atoms with E-state index in [0.29, 0.717) is 12.4 Å². The molecule has 1 aliphatic heterocycles. The molecule has 0 aromatic heterocycles. The second-order valence-electron chi connectivity index (χ2n) is 4.43. The number of rotatable bonds is 6. The Hall–Kier alpha value is -1.84. The van der Waals surface area contributed by atoms with Gasteiger partial charge in [0.1, 0.15) is 11.6 Å². The molecule has 1 heterocycles. The Balaban J connectivity index is 2.02. The van der Waals surface area contributed by atoms with Gasteiger partial charge in [0.2, 0.25) is 0 Å². The van der Waals surface area contributed by atoms with Gasteiger partial charge in [0.05, 0.1) is 12.2 Å². The first kappa shape index (κ1) is 12.6. The fraction of sp³-hybridized carbons (Fsp3) is 0.429. The molecule has 0 spiro atoms. The quantitative estimate of drug-likeness (QED) is 0.756. The summed E-state index contributed by atoms with van der Waals surface area (Å²) in [4.78, 5) is 3.97. The zero-order valence-corrected chi connectivity index (χ0v) is 10.7. The largest absolute Gasteiger partial charge is 0.493 e. The van der Waals surface area contributed by atoms with Crippen LogP contribution < -0.4 is 10.5 Å². The van der Waals surface area contributed by atoms with Crippen molar-refractivity contribution in [2.75, 3.05) is 6.61 Å². The zero-order chi connectivity index (χ0) is 13.0. The number of nitrogens with zero attached hydrogens (tertiary/aromatic N) is 1. The average Bonchev–Trinajstić information content (AvgIpc) is 2.66. The minimum atomic E-state index is 0.221. The standard InChI is InChI=1S/C14H19N3O/c1-2-3-4-5-9-18-11-8-6-7-10-12(11)14(16)17-13(10)15/h6-8H,2-5,9H2,1H3,(H3,15,16,17). The maximum Gasteiger partial charge on any atom is 0.155 e. The molecule has 0 unspecified atom stereocenters. The van der Waals surface area contributed by atoms with Gasteiger partial charge < -0.3 is 10.5 Å². The minimum Gasteiger partial charge on any atom is -0.493 e. The lowest BCUT2D eigenvalue weighted by molar-refractivity contribution is 0.304. The molecule has 1 aromatic rings. The van der Waals surface area contributed by atoms with Crippen LogP contribution in [0.2, 0.25) is 0 Å². The third-order valence-electron chi connectivity index (χ3n) is 3.03. The summed E-state index contributed by atoms with van der Waals surface area (Å²) in [7, 11) is 0. The Labute approximate surface area is 107 Å². The molecule has 0 saturated heterocycles. The lowest BCUT2D eigenvalue weighted by Gasteiger charge is -2.10. The first-order chi connectivity index (χ1) is 8.74. The van der Waals surface area contributed by atoms with Crippen LogP contribution in [0.25, 0.3) is 0 Å². The van der Waals surface area contributed by atoms with Gasteiger partial charge in [0, 0.05) is 5.56 Å². The van der Waals surface area contributed by atoms with Crippen molar-refractivity contribution in [3.8, 4) is 5.75 Å². The van der Waals surface area contributed by atoms with E-state index in [1.807, 2.05) is 18.2 Å². The van der Waals surface area contributed by atoms with Crippen molar-refractivity contribution in [3.63, 3.8) is 0 Å². The molecule has 4 nitrogen and oxygen atoms in total. The van der Waals surface area contributed by atoms with Gasteiger partial charge in [-0.3, -0.25) is 5.41 Å². The number of fused-ring (bicyclic) bond motifs is 1. The van der Waals surface area contributed by atoms with Gasteiger partial charge in [-0.2, -0.15) is 0 Å². The monoisotopic (exact) mass is 245 g/mol. The molecule has 1 aliphatic rings. The fourth-order valence-corrected chi connectivity index (χ4v) is 2.06. The second kappa shape index (κ2) is 5.67. The molecule has 0 atom stereocenters. The molecule has 0 bridgehead atoms. The van der Waals surface area contributed by atoms with Crippen LogP contribution in [0.4, 0.5) is 0 Å². The van der Waals surface area contributed by atoms with E-state index in [1.54, 1.807) is 0 Å². The molecule has 0 radical (unpaired) electrons. The summed E-state index contributed by atoms with van der Waals surface area (Å²) in [6, 6.07) is 5.62. The molecular weight excluding hydrogens is 226 g/mol. The molecule has 0 aliphatic carbocycles. The predicted octanol–water partition coefficient (Wildman–Crippen LogP) is 2.69. The first-order valence-corrected chi connectivity index (χ1v) is 6.43. The number of benzene rings is 1. The van der Waals surface area contributed by atoms with Crippen LogP contribution in [0.3, 0.4) is 0 Å². The number of amidine groups is 2. The number of aliphatic imine (C=N–C) groups is 1. The minimum absolute atomic E-state index is 0.221. The topological polar surface area (TPSA) is 71.5 Å². The maximum absolute atomic E-state index is 7.70. The van der Waals surface area contributed by atoms with Crippen LogP contribution >= 0.6 is 0 Å². The number of ether oxygens (including phenoxy) is 1. The van der Waals surface area contributed by atoms with Crippen molar-refractivity contribution >= 4 is 11.7 Å². The second-order valence-corrected chi connectivity index (χ2v) is 4.43. The molecule has 2 rings (SSSR count). The zero-order valence-electron chi connectivity index (χ0n) is 10.7. The van der Waals surface area contributed by atoms with E-state index in [0.717, 1.165) is 23.3 Å². The molecule has 1 aromatic carbocycles. The number of unbranched alkanes of at least 4 members (excludes halogenated alkanes) is 3. The van der Waals surface area contributed by atoms with Crippen molar-refractivity contribution < 1.29 is 4.74 Å². The van der Waals surface area contributed by atoms with Crippen molar-refractivity contribution in [1.29, 1.82) is 5.41 Å². The number of nitrogens with one attached hydrogen (secondary N) is 1. The van der Waals surface area contributed by atoms with E-state index >= 15 is 0 Å². The molecule has 0 amide bonds. The third kappa shape index (κ3) is 2.53. The van der Waals surface area contributed by atoms with Crippen LogP contribution in [0.5, 0.6) is 5.75 Å². The normalized spacial score (nSPS) is 13.4. The molecule has 96 valence electrons. The van der Waals surface area contributed by atoms with Gasteiger partial charge in [-0.15, -0.1) is 0 Å². The highest BCUT2D eigenvalue weighted by molar-refractivity contribution is 6.22. The van der Waals surface area contributed by atoms with E-state index in [4.69, 9.17) is 15.9 Å². The molecule has 0 saturated carbocycles. The smallest absolute Gasteiger partial charge is 0.155 e. The third-order valence-corrected chi connectivity index (χ3v) is 3.03. The van der Waals surface area contributed by atoms with E-state index in [2.05, 4.69) is 11.9 Å². The summed E-state index contributed by atoms with van der Waals surface area (Å²) in [5, 5.41) is 7.70. The van der Waals surface area contributed by atoms with E-state index in [9.17, 15) is 0 Å². The summed E-state index contributed by atoms with van der Waals surface area (Å²) in [5.74, 6) is 1.35. The van der Waals surface area contributed by atoms with Gasteiger partial charge in [-0.25, -0.2) is 4.99 Å². The number of hydrogen-bond donors (Lipinski definition) is 2. The first-order valence-electron chi connectivity index (χ1n) is 6.43. The average molecular weight is 245 g/mol. The van der Waals surface area contributed by atoms with Crippen molar-refractivity contribution in [1.82, 2.24) is 0 Å². The Morgan fingerprint density at radius 3 is 2.89 bits per heavy atom. The summed E-state index contributed by atoms with van der Waals surface area (Å²) < 4.78 is 5.76. The van der Waals surface area contributed by atoms with Gasteiger partial charge in [0.25, 0.3) is 0 Å². The highest BCUT2D eigenvalue weighted by Gasteiger charge is 2.22. The molecule has 0 fully saturated rings. The van der Waals surface area contributed by atoms with E-state index < -0.39 is 0 Å². The lowest BCUT2D eigenvalue weighted by Crippen LogP contribution is -2.13. The van der Waals surface area contributed by atoms with E-state index in [1.165, 1.54) is 19.3 Å². The van der Waals surface area contributed by atoms with Crippen LogP contribution in [0.1, 0.15) is 43.7 Å². The predicted molar refractivity (Wildman–Crippen MR) is 73.6 cm³/mol. The molecular formula is C14H19N3O. The summed E-state index contributed by atoms with van der Waals surface area (Å²) in [6.07, 6.45) is 4.69. The van der Waals surface area contributed by atoms with Crippen molar-refractivity contribution in [2.45, 2.75) is 32.6 Å². The van der Waals surface area contributed by atoms with Crippen LogP contribution in [-0.2, 0) is 0 Å². The Bertz CT molecular complexity index is 480. The number of hydrogen-bond acceptors (Lipinski definition) is 3. The Kier molecular flexibility index (Phi) is 3.97. The lowest BCUT2D eigenvalue weighted by atomic mass is 10.1. The molecule has 18 heavy (non-hydrogen) atoms. The van der Waals surface area contributed by atoms with Gasteiger partial charge in [-0.05, 0) is 12.5 Å². The fourth-order valence-electron chi connectivity index (χ4n) is 2.06. The summed E-state index contributed by atoms with van der Waals surface area (Å²) in [6.45, 7) is 2.88. The highest BCUT2D eigenvalue weighted by Crippen LogP contribution is 2.27. The van der Waals surface area contributed by atoms with E-state index in [-0.39, 0.29) is 5.84 Å².